The summed E-state index contributed by atoms with van der Waals surface area (Å²) in [4.78, 5) is 10.8. The number of hydrogen-bond acceptors (Lipinski definition) is 3. The van der Waals surface area contributed by atoms with Gasteiger partial charge in [0.2, 0.25) is 0 Å². The van der Waals surface area contributed by atoms with Gasteiger partial charge in [0.1, 0.15) is 12.4 Å². The van der Waals surface area contributed by atoms with Gasteiger partial charge in [0.05, 0.1) is 12.2 Å². The molecule has 0 heterocycles. The predicted molar refractivity (Wildman–Crippen MR) is 55.5 cm³/mol. The molecule has 0 unspecified atom stereocenters. The largest absolute Gasteiger partial charge is 0.491 e. The van der Waals surface area contributed by atoms with Crippen molar-refractivity contribution >= 4 is 5.97 Å². The van der Waals surface area contributed by atoms with Crippen molar-refractivity contribution in [1.82, 2.24) is 0 Å². The Labute approximate surface area is 88.4 Å². The molecule has 0 aromatic heterocycles. The normalized spacial score (nSPS) is 10.0. The smallest absolute Gasteiger partial charge is 0.335 e. The molecule has 15 heavy (non-hydrogen) atoms. The van der Waals surface area contributed by atoms with Crippen molar-refractivity contribution in [2.75, 3.05) is 20.3 Å². The van der Waals surface area contributed by atoms with Crippen molar-refractivity contribution in [3.63, 3.8) is 0 Å². The molecule has 0 radical (unpaired) electrons. The molecule has 0 aliphatic carbocycles. The van der Waals surface area contributed by atoms with Crippen LogP contribution in [0.5, 0.6) is 5.75 Å². The van der Waals surface area contributed by atoms with Crippen molar-refractivity contribution in [3.05, 3.63) is 29.3 Å². The molecule has 0 spiro atoms. The number of ether oxygens (including phenoxy) is 2. The van der Waals surface area contributed by atoms with Gasteiger partial charge < -0.3 is 14.6 Å². The Hall–Kier alpha value is -1.55. The zero-order chi connectivity index (χ0) is 11.3. The van der Waals surface area contributed by atoms with Crippen LogP contribution in [0.2, 0.25) is 0 Å². The minimum absolute atomic E-state index is 0.238. The minimum Gasteiger partial charge on any atom is -0.491 e. The van der Waals surface area contributed by atoms with Crippen LogP contribution in [0, 0.1) is 6.92 Å². The van der Waals surface area contributed by atoms with Crippen LogP contribution in [-0.4, -0.2) is 31.4 Å². The number of aryl methyl sites for hydroxylation is 1. The van der Waals surface area contributed by atoms with Crippen LogP contribution in [0.4, 0.5) is 0 Å². The molecule has 0 aliphatic heterocycles. The fourth-order valence-corrected chi connectivity index (χ4v) is 1.20. The van der Waals surface area contributed by atoms with E-state index in [-0.39, 0.29) is 5.56 Å². The second-order valence-electron chi connectivity index (χ2n) is 3.18. The maximum Gasteiger partial charge on any atom is 0.335 e. The standard InChI is InChI=1S/C11H14O4/c1-8-5-9(11(12)13)7-10(6-8)15-4-3-14-2/h5-7H,3-4H2,1-2H3,(H,12,13). The first-order valence-electron chi connectivity index (χ1n) is 4.60. The Morgan fingerprint density at radius 3 is 2.67 bits per heavy atom. The first-order chi connectivity index (χ1) is 7.13. The Balaban J connectivity index is 2.75. The monoisotopic (exact) mass is 210 g/mol. The Morgan fingerprint density at radius 1 is 1.33 bits per heavy atom. The maximum absolute atomic E-state index is 10.8. The van der Waals surface area contributed by atoms with Gasteiger partial charge in [-0.25, -0.2) is 4.79 Å². The highest BCUT2D eigenvalue weighted by atomic mass is 16.5. The lowest BCUT2D eigenvalue weighted by Crippen LogP contribution is -2.05. The van der Waals surface area contributed by atoms with E-state index in [4.69, 9.17) is 14.6 Å². The van der Waals surface area contributed by atoms with Crippen molar-refractivity contribution in [3.8, 4) is 5.75 Å². The molecule has 1 N–H and O–H groups in total. The zero-order valence-corrected chi connectivity index (χ0v) is 8.82. The van der Waals surface area contributed by atoms with Crippen LogP contribution in [-0.2, 0) is 4.74 Å². The lowest BCUT2D eigenvalue weighted by Gasteiger charge is -2.07. The Morgan fingerprint density at radius 2 is 2.07 bits per heavy atom. The van der Waals surface area contributed by atoms with Crippen LogP contribution in [0.3, 0.4) is 0 Å². The summed E-state index contributed by atoms with van der Waals surface area (Å²) < 4.78 is 10.2. The Kier molecular flexibility index (Phi) is 4.12. The first-order valence-corrected chi connectivity index (χ1v) is 4.60. The highest BCUT2D eigenvalue weighted by molar-refractivity contribution is 5.88. The second-order valence-corrected chi connectivity index (χ2v) is 3.18. The SMILES string of the molecule is COCCOc1cc(C)cc(C(=O)O)c1. The van der Waals surface area contributed by atoms with E-state index in [1.54, 1.807) is 19.2 Å². The predicted octanol–water partition coefficient (Wildman–Crippen LogP) is 1.72. The number of hydrogen-bond donors (Lipinski definition) is 1. The number of aromatic carboxylic acids is 1. The lowest BCUT2D eigenvalue weighted by atomic mass is 10.1. The number of rotatable bonds is 5. The molecule has 0 atom stereocenters. The summed E-state index contributed by atoms with van der Waals surface area (Å²) in [5.41, 5.74) is 1.10. The molecule has 1 rings (SSSR count). The van der Waals surface area contributed by atoms with E-state index in [9.17, 15) is 4.79 Å². The molecular formula is C11H14O4. The maximum atomic E-state index is 10.8. The summed E-state index contributed by atoms with van der Waals surface area (Å²) >= 11 is 0. The van der Waals surface area contributed by atoms with Crippen molar-refractivity contribution < 1.29 is 19.4 Å². The van der Waals surface area contributed by atoms with E-state index in [1.165, 1.54) is 6.07 Å². The molecular weight excluding hydrogens is 196 g/mol. The van der Waals surface area contributed by atoms with E-state index >= 15 is 0 Å². The number of methoxy groups -OCH3 is 1. The summed E-state index contributed by atoms with van der Waals surface area (Å²) in [6.45, 7) is 2.73. The third-order valence-electron chi connectivity index (χ3n) is 1.85. The minimum atomic E-state index is -0.949. The Bertz CT molecular complexity index is 346. The highest BCUT2D eigenvalue weighted by Crippen LogP contribution is 2.16. The van der Waals surface area contributed by atoms with Crippen LogP contribution in [0.15, 0.2) is 18.2 Å². The third kappa shape index (κ3) is 3.59. The van der Waals surface area contributed by atoms with Gasteiger partial charge in [-0.2, -0.15) is 0 Å². The van der Waals surface area contributed by atoms with E-state index in [0.29, 0.717) is 19.0 Å². The summed E-state index contributed by atoms with van der Waals surface area (Å²) in [6, 6.07) is 4.90. The topological polar surface area (TPSA) is 55.8 Å². The summed E-state index contributed by atoms with van der Waals surface area (Å²) in [5.74, 6) is -0.389. The molecule has 0 bridgehead atoms. The van der Waals surface area contributed by atoms with Gasteiger partial charge >= 0.3 is 5.97 Å². The lowest BCUT2D eigenvalue weighted by molar-refractivity contribution is 0.0696. The average Bonchev–Trinajstić information content (AvgIpc) is 2.17. The fourth-order valence-electron chi connectivity index (χ4n) is 1.20. The average molecular weight is 210 g/mol. The molecule has 0 saturated carbocycles. The molecule has 1 aromatic carbocycles. The fraction of sp³-hybridized carbons (Fsp3) is 0.364. The van der Waals surface area contributed by atoms with Gasteiger partial charge in [0, 0.05) is 7.11 Å². The van der Waals surface area contributed by atoms with Gasteiger partial charge in [0.15, 0.2) is 0 Å². The van der Waals surface area contributed by atoms with Crippen LogP contribution < -0.4 is 4.74 Å². The van der Waals surface area contributed by atoms with Crippen LogP contribution in [0.25, 0.3) is 0 Å². The van der Waals surface area contributed by atoms with Gasteiger partial charge in [0.25, 0.3) is 0 Å². The summed E-state index contributed by atoms with van der Waals surface area (Å²) in [6.07, 6.45) is 0. The highest BCUT2D eigenvalue weighted by Gasteiger charge is 2.05. The summed E-state index contributed by atoms with van der Waals surface area (Å²) in [7, 11) is 1.59. The number of carboxylic acid groups (broad SMARTS) is 1. The molecule has 0 fully saturated rings. The van der Waals surface area contributed by atoms with Crippen LogP contribution in [0.1, 0.15) is 15.9 Å². The van der Waals surface area contributed by atoms with E-state index < -0.39 is 5.97 Å². The number of benzene rings is 1. The van der Waals surface area contributed by atoms with E-state index in [0.717, 1.165) is 5.56 Å². The molecule has 4 nitrogen and oxygen atoms in total. The number of carbonyl (C=O) groups is 1. The van der Waals surface area contributed by atoms with Crippen LogP contribution >= 0.6 is 0 Å². The first kappa shape index (κ1) is 11.5. The molecule has 0 saturated heterocycles. The van der Waals surface area contributed by atoms with E-state index in [1.807, 2.05) is 6.92 Å². The van der Waals surface area contributed by atoms with Gasteiger partial charge in [-0.15, -0.1) is 0 Å². The van der Waals surface area contributed by atoms with Gasteiger partial charge in [-0.05, 0) is 30.7 Å². The zero-order valence-electron chi connectivity index (χ0n) is 8.82. The summed E-state index contributed by atoms with van der Waals surface area (Å²) in [5, 5.41) is 8.83. The molecule has 0 amide bonds. The molecule has 0 aliphatic rings. The second kappa shape index (κ2) is 5.36. The molecule has 4 heteroatoms. The van der Waals surface area contributed by atoms with E-state index in [2.05, 4.69) is 0 Å². The van der Waals surface area contributed by atoms with Crippen molar-refractivity contribution in [2.24, 2.45) is 0 Å². The number of carboxylic acids is 1. The molecule has 1 aromatic rings. The van der Waals surface area contributed by atoms with Gasteiger partial charge in [-0.3, -0.25) is 0 Å². The van der Waals surface area contributed by atoms with Gasteiger partial charge in [-0.1, -0.05) is 0 Å². The third-order valence-corrected chi connectivity index (χ3v) is 1.85. The van der Waals surface area contributed by atoms with Crippen molar-refractivity contribution in [2.45, 2.75) is 6.92 Å². The van der Waals surface area contributed by atoms with Crippen molar-refractivity contribution in [1.29, 1.82) is 0 Å². The molecule has 82 valence electrons. The quantitative estimate of drug-likeness (QED) is 0.752.